The highest BCUT2D eigenvalue weighted by Crippen LogP contribution is 2.27. The molecule has 0 bridgehead atoms. The number of carbonyl (C=O) groups excluding carboxylic acids is 1. The predicted molar refractivity (Wildman–Crippen MR) is 76.9 cm³/mol. The Morgan fingerprint density at radius 1 is 1.22 bits per heavy atom. The molecule has 1 amide bonds. The molecule has 3 heteroatoms. The van der Waals surface area contributed by atoms with Crippen LogP contribution < -0.4 is 5.32 Å². The summed E-state index contributed by atoms with van der Waals surface area (Å²) in [6.45, 7) is 4.89. The fraction of sp³-hybridized carbons (Fsp3) is 0.267. The van der Waals surface area contributed by atoms with Gasteiger partial charge in [0.25, 0.3) is 5.91 Å². The molecule has 2 aromatic rings. The maximum atomic E-state index is 12.1. The van der Waals surface area contributed by atoms with E-state index in [4.69, 9.17) is 0 Å². The van der Waals surface area contributed by atoms with Crippen LogP contribution >= 0.6 is 11.3 Å². The van der Waals surface area contributed by atoms with Gasteiger partial charge in [0, 0.05) is 12.1 Å². The molecule has 1 heterocycles. The summed E-state index contributed by atoms with van der Waals surface area (Å²) in [7, 11) is 0. The summed E-state index contributed by atoms with van der Waals surface area (Å²) in [4.78, 5) is 12.9. The normalized spacial score (nSPS) is 10.6. The maximum Gasteiger partial charge on any atom is 0.261 e. The smallest absolute Gasteiger partial charge is 0.261 e. The highest BCUT2D eigenvalue weighted by molar-refractivity contribution is 7.12. The minimum atomic E-state index is 0.0255. The maximum absolute atomic E-state index is 12.1. The molecule has 1 N–H and O–H groups in total. The minimum absolute atomic E-state index is 0.0255. The highest BCUT2D eigenvalue weighted by atomic mass is 32.1. The van der Waals surface area contributed by atoms with Gasteiger partial charge in [0.15, 0.2) is 0 Å². The second-order valence-electron chi connectivity index (χ2n) is 4.63. The van der Waals surface area contributed by atoms with Crippen LogP contribution in [0.1, 0.15) is 23.5 Å². The van der Waals surface area contributed by atoms with Crippen molar-refractivity contribution in [2.45, 2.75) is 13.8 Å². The summed E-state index contributed by atoms with van der Waals surface area (Å²) in [5.41, 5.74) is 2.11. The summed E-state index contributed by atoms with van der Waals surface area (Å²) in [6.07, 6.45) is 0. The van der Waals surface area contributed by atoms with Crippen molar-refractivity contribution >= 4 is 17.2 Å². The third kappa shape index (κ3) is 2.99. The van der Waals surface area contributed by atoms with E-state index in [2.05, 4.69) is 19.2 Å². The number of carbonyl (C=O) groups is 1. The van der Waals surface area contributed by atoms with Crippen LogP contribution in [-0.4, -0.2) is 12.5 Å². The van der Waals surface area contributed by atoms with E-state index < -0.39 is 0 Å². The van der Waals surface area contributed by atoms with E-state index in [-0.39, 0.29) is 5.91 Å². The Kier molecular flexibility index (Phi) is 4.15. The molecule has 0 radical (unpaired) electrons. The first-order chi connectivity index (χ1) is 8.68. The average Bonchev–Trinajstić information content (AvgIpc) is 2.86. The molecular formula is C15H17NOS. The zero-order valence-electron chi connectivity index (χ0n) is 10.6. The van der Waals surface area contributed by atoms with Gasteiger partial charge in [-0.2, -0.15) is 0 Å². The third-order valence-corrected chi connectivity index (χ3v) is 3.54. The second-order valence-corrected chi connectivity index (χ2v) is 5.55. The first-order valence-corrected chi connectivity index (χ1v) is 6.97. The van der Waals surface area contributed by atoms with Gasteiger partial charge in [-0.15, -0.1) is 11.3 Å². The van der Waals surface area contributed by atoms with E-state index in [9.17, 15) is 4.79 Å². The summed E-state index contributed by atoms with van der Waals surface area (Å²) in [5, 5.41) is 4.93. The van der Waals surface area contributed by atoms with Crippen LogP contribution in [0.4, 0.5) is 0 Å². The van der Waals surface area contributed by atoms with Gasteiger partial charge in [0.1, 0.15) is 0 Å². The van der Waals surface area contributed by atoms with Gasteiger partial charge in [-0.3, -0.25) is 4.79 Å². The lowest BCUT2D eigenvalue weighted by atomic mass is 10.1. The molecule has 0 aliphatic heterocycles. The minimum Gasteiger partial charge on any atom is -0.351 e. The first-order valence-electron chi connectivity index (χ1n) is 6.09. The van der Waals surface area contributed by atoms with Crippen molar-refractivity contribution in [3.63, 3.8) is 0 Å². The van der Waals surface area contributed by atoms with Crippen LogP contribution in [0.3, 0.4) is 0 Å². The van der Waals surface area contributed by atoms with E-state index in [1.54, 1.807) is 0 Å². The van der Waals surface area contributed by atoms with Gasteiger partial charge in [-0.1, -0.05) is 44.2 Å². The molecule has 0 saturated heterocycles. The van der Waals surface area contributed by atoms with Gasteiger partial charge in [-0.25, -0.2) is 0 Å². The van der Waals surface area contributed by atoms with Crippen LogP contribution in [0.15, 0.2) is 41.8 Å². The number of benzene rings is 1. The lowest BCUT2D eigenvalue weighted by Gasteiger charge is -2.08. The Balaban J connectivity index is 2.20. The van der Waals surface area contributed by atoms with Gasteiger partial charge < -0.3 is 5.32 Å². The molecule has 0 unspecified atom stereocenters. The zero-order valence-corrected chi connectivity index (χ0v) is 11.5. The molecule has 0 fully saturated rings. The molecule has 0 spiro atoms. The highest BCUT2D eigenvalue weighted by Gasteiger charge is 2.14. The molecule has 2 nitrogen and oxygen atoms in total. The van der Waals surface area contributed by atoms with Gasteiger partial charge in [0.2, 0.25) is 0 Å². The SMILES string of the molecule is CC(C)CNC(=O)c1sccc1-c1ccccc1. The second kappa shape index (κ2) is 5.83. The Morgan fingerprint density at radius 3 is 2.61 bits per heavy atom. The third-order valence-electron chi connectivity index (χ3n) is 2.63. The molecule has 2 rings (SSSR count). The Bertz CT molecular complexity index is 516. The molecule has 0 aliphatic carbocycles. The number of amides is 1. The van der Waals surface area contributed by atoms with E-state index in [0.29, 0.717) is 12.5 Å². The van der Waals surface area contributed by atoms with Crippen molar-refractivity contribution < 1.29 is 4.79 Å². The van der Waals surface area contributed by atoms with Crippen LogP contribution in [0.25, 0.3) is 11.1 Å². The molecule has 1 aromatic carbocycles. The lowest BCUT2D eigenvalue weighted by molar-refractivity contribution is 0.0953. The van der Waals surface area contributed by atoms with Crippen molar-refractivity contribution in [2.24, 2.45) is 5.92 Å². The largest absolute Gasteiger partial charge is 0.351 e. The topological polar surface area (TPSA) is 29.1 Å². The fourth-order valence-electron chi connectivity index (χ4n) is 1.71. The molecule has 1 aromatic heterocycles. The van der Waals surface area contributed by atoms with Crippen molar-refractivity contribution in [2.75, 3.05) is 6.54 Å². The van der Waals surface area contributed by atoms with E-state index >= 15 is 0 Å². The summed E-state index contributed by atoms with van der Waals surface area (Å²) < 4.78 is 0. The van der Waals surface area contributed by atoms with Gasteiger partial charge in [-0.05, 0) is 22.9 Å². The van der Waals surface area contributed by atoms with Crippen molar-refractivity contribution in [3.8, 4) is 11.1 Å². The molecule has 0 atom stereocenters. The van der Waals surface area contributed by atoms with E-state index in [1.165, 1.54) is 11.3 Å². The Labute approximate surface area is 112 Å². The van der Waals surface area contributed by atoms with Gasteiger partial charge >= 0.3 is 0 Å². The Hall–Kier alpha value is -1.61. The quantitative estimate of drug-likeness (QED) is 0.889. The van der Waals surface area contributed by atoms with Crippen molar-refractivity contribution in [3.05, 3.63) is 46.7 Å². The molecule has 18 heavy (non-hydrogen) atoms. The molecule has 0 saturated carbocycles. The van der Waals surface area contributed by atoms with Crippen LogP contribution in [-0.2, 0) is 0 Å². The number of thiophene rings is 1. The van der Waals surface area contributed by atoms with Crippen LogP contribution in [0, 0.1) is 5.92 Å². The fourth-order valence-corrected chi connectivity index (χ4v) is 2.54. The lowest BCUT2D eigenvalue weighted by Crippen LogP contribution is -2.26. The number of rotatable bonds is 4. The van der Waals surface area contributed by atoms with Crippen LogP contribution in [0.5, 0.6) is 0 Å². The van der Waals surface area contributed by atoms with E-state index in [0.717, 1.165) is 16.0 Å². The van der Waals surface area contributed by atoms with Crippen molar-refractivity contribution in [1.29, 1.82) is 0 Å². The molecule has 0 aliphatic rings. The predicted octanol–water partition coefficient (Wildman–Crippen LogP) is 3.80. The zero-order chi connectivity index (χ0) is 13.0. The van der Waals surface area contributed by atoms with Gasteiger partial charge in [0.05, 0.1) is 4.88 Å². The number of nitrogens with one attached hydrogen (secondary N) is 1. The Morgan fingerprint density at radius 2 is 1.94 bits per heavy atom. The summed E-state index contributed by atoms with van der Waals surface area (Å²) in [6, 6.07) is 12.0. The van der Waals surface area contributed by atoms with Crippen molar-refractivity contribution in [1.82, 2.24) is 5.32 Å². The first kappa shape index (κ1) is 12.8. The standard InChI is InChI=1S/C15H17NOS/c1-11(2)10-16-15(17)14-13(8-9-18-14)12-6-4-3-5-7-12/h3-9,11H,10H2,1-2H3,(H,16,17). The summed E-state index contributed by atoms with van der Waals surface area (Å²) >= 11 is 1.49. The average molecular weight is 259 g/mol. The number of hydrogen-bond acceptors (Lipinski definition) is 2. The van der Waals surface area contributed by atoms with Crippen LogP contribution in [0.2, 0.25) is 0 Å². The summed E-state index contributed by atoms with van der Waals surface area (Å²) in [5.74, 6) is 0.492. The molecular weight excluding hydrogens is 242 g/mol. The number of hydrogen-bond donors (Lipinski definition) is 1. The molecule has 94 valence electrons. The van der Waals surface area contributed by atoms with E-state index in [1.807, 2.05) is 41.8 Å². The monoisotopic (exact) mass is 259 g/mol.